The summed E-state index contributed by atoms with van der Waals surface area (Å²) in [5.41, 5.74) is 5.18. The average molecular weight is 416 g/mol. The predicted molar refractivity (Wildman–Crippen MR) is 118 cm³/mol. The van der Waals surface area contributed by atoms with E-state index in [1.807, 2.05) is 47.4 Å². The van der Waals surface area contributed by atoms with Gasteiger partial charge in [-0.25, -0.2) is 9.50 Å². The first-order valence-electron chi connectivity index (χ1n) is 10.4. The highest BCUT2D eigenvalue weighted by molar-refractivity contribution is 5.66. The normalized spacial score (nSPS) is 17.8. The van der Waals surface area contributed by atoms with Gasteiger partial charge in [0.15, 0.2) is 0 Å². The van der Waals surface area contributed by atoms with Gasteiger partial charge in [-0.2, -0.15) is 0 Å². The van der Waals surface area contributed by atoms with Crippen molar-refractivity contribution in [3.63, 3.8) is 0 Å². The minimum Gasteiger partial charge on any atom is -0.481 e. The zero-order valence-electron chi connectivity index (χ0n) is 17.7. The number of aromatic nitrogens is 5. The Morgan fingerprint density at radius 2 is 1.94 bits per heavy atom. The number of rotatable bonds is 5. The Hall–Kier alpha value is -3.36. The number of fused-ring (bicyclic) bond motifs is 1. The molecule has 5 rings (SSSR count). The minimum absolute atomic E-state index is 0.184. The van der Waals surface area contributed by atoms with Gasteiger partial charge in [0.25, 0.3) is 0 Å². The van der Waals surface area contributed by atoms with E-state index < -0.39 is 0 Å². The summed E-state index contributed by atoms with van der Waals surface area (Å²) in [4.78, 5) is 13.6. The molecule has 1 saturated heterocycles. The lowest BCUT2D eigenvalue weighted by molar-refractivity contribution is 0.0881. The molecule has 0 radical (unpaired) electrons. The largest absolute Gasteiger partial charge is 0.481 e. The zero-order chi connectivity index (χ0) is 21.2. The molecule has 5 heterocycles. The van der Waals surface area contributed by atoms with Crippen LogP contribution in [0.15, 0.2) is 61.1 Å². The molecule has 0 bridgehead atoms. The number of ether oxygens (including phenoxy) is 1. The first-order valence-corrected chi connectivity index (χ1v) is 10.4. The van der Waals surface area contributed by atoms with Crippen LogP contribution in [0.2, 0.25) is 0 Å². The van der Waals surface area contributed by atoms with Gasteiger partial charge < -0.3 is 4.74 Å². The molecule has 0 spiro atoms. The topological polar surface area (TPSA) is 71.7 Å². The summed E-state index contributed by atoms with van der Waals surface area (Å²) in [6, 6.07) is 14.3. The molecule has 1 atom stereocenters. The van der Waals surface area contributed by atoms with Crippen LogP contribution in [0.4, 0.5) is 0 Å². The quantitative estimate of drug-likeness (QED) is 0.496. The van der Waals surface area contributed by atoms with Crippen LogP contribution < -0.4 is 4.74 Å². The third-order valence-corrected chi connectivity index (χ3v) is 5.88. The van der Waals surface area contributed by atoms with Gasteiger partial charge in [0, 0.05) is 62.0 Å². The molecule has 8 nitrogen and oxygen atoms in total. The van der Waals surface area contributed by atoms with E-state index in [4.69, 9.17) is 4.74 Å². The summed E-state index contributed by atoms with van der Waals surface area (Å²) in [7, 11) is 3.77. The fourth-order valence-corrected chi connectivity index (χ4v) is 4.08. The maximum atomic E-state index is 5.15. The van der Waals surface area contributed by atoms with E-state index in [-0.39, 0.29) is 6.04 Å². The van der Waals surface area contributed by atoms with Gasteiger partial charge in [0.05, 0.1) is 24.4 Å². The second-order valence-corrected chi connectivity index (χ2v) is 7.86. The van der Waals surface area contributed by atoms with Crippen molar-refractivity contribution >= 4 is 5.52 Å². The molecule has 31 heavy (non-hydrogen) atoms. The average Bonchev–Trinajstić information content (AvgIpc) is 3.24. The summed E-state index contributed by atoms with van der Waals surface area (Å²) in [6.07, 6.45) is 5.66. The lowest BCUT2D eigenvalue weighted by Gasteiger charge is -2.38. The van der Waals surface area contributed by atoms with Gasteiger partial charge in [-0.1, -0.05) is 17.3 Å². The number of hydrogen-bond donors (Lipinski definition) is 0. The van der Waals surface area contributed by atoms with E-state index in [1.54, 1.807) is 7.11 Å². The molecule has 1 aliphatic heterocycles. The maximum absolute atomic E-state index is 5.15. The molecule has 1 aliphatic rings. The Kier molecular flexibility index (Phi) is 5.31. The van der Waals surface area contributed by atoms with E-state index in [2.05, 4.69) is 55.3 Å². The van der Waals surface area contributed by atoms with Crippen molar-refractivity contribution in [1.82, 2.24) is 34.6 Å². The molecule has 4 aromatic rings. The van der Waals surface area contributed by atoms with E-state index in [9.17, 15) is 0 Å². The third kappa shape index (κ3) is 3.99. The Balaban J connectivity index is 1.39. The fraction of sp³-hybridized carbons (Fsp3) is 0.304. The smallest absolute Gasteiger partial charge is 0.212 e. The molecule has 0 aliphatic carbocycles. The van der Waals surface area contributed by atoms with E-state index in [0.717, 1.165) is 54.2 Å². The maximum Gasteiger partial charge on any atom is 0.212 e. The third-order valence-electron chi connectivity index (χ3n) is 5.88. The summed E-state index contributed by atoms with van der Waals surface area (Å²) in [5, 5.41) is 8.99. The SMILES string of the molecule is COc1ccc(-c2ccc3c(C4CN(Cc5ccccn5)CCN4C)nnn3c2)cn1. The molecule has 8 heteroatoms. The Morgan fingerprint density at radius 1 is 1.03 bits per heavy atom. The van der Waals surface area contributed by atoms with Crippen molar-refractivity contribution in [1.29, 1.82) is 0 Å². The second-order valence-electron chi connectivity index (χ2n) is 7.86. The highest BCUT2D eigenvalue weighted by Gasteiger charge is 2.29. The number of likely N-dealkylation sites (N-methyl/N-ethyl adjacent to an activating group) is 1. The first kappa shape index (κ1) is 19.6. The molecule has 1 fully saturated rings. The number of piperazine rings is 1. The molecule has 4 aromatic heterocycles. The summed E-state index contributed by atoms with van der Waals surface area (Å²) >= 11 is 0. The van der Waals surface area contributed by atoms with Crippen LogP contribution in [-0.2, 0) is 6.54 Å². The number of hydrogen-bond acceptors (Lipinski definition) is 7. The van der Waals surface area contributed by atoms with Gasteiger partial charge in [-0.05, 0) is 31.3 Å². The Morgan fingerprint density at radius 3 is 2.71 bits per heavy atom. The highest BCUT2D eigenvalue weighted by Crippen LogP contribution is 2.28. The summed E-state index contributed by atoms with van der Waals surface area (Å²) in [6.45, 7) is 3.73. The van der Waals surface area contributed by atoms with Gasteiger partial charge in [0.1, 0.15) is 5.69 Å². The lowest BCUT2D eigenvalue weighted by atomic mass is 10.1. The van der Waals surface area contributed by atoms with Crippen molar-refractivity contribution in [3.8, 4) is 17.0 Å². The fourth-order valence-electron chi connectivity index (χ4n) is 4.08. The minimum atomic E-state index is 0.184. The zero-order valence-corrected chi connectivity index (χ0v) is 17.7. The van der Waals surface area contributed by atoms with Crippen LogP contribution >= 0.6 is 0 Å². The monoisotopic (exact) mass is 415 g/mol. The van der Waals surface area contributed by atoms with Crippen molar-refractivity contribution < 1.29 is 4.74 Å². The van der Waals surface area contributed by atoms with Crippen LogP contribution in [0.5, 0.6) is 5.88 Å². The summed E-state index contributed by atoms with van der Waals surface area (Å²) < 4.78 is 7.01. The van der Waals surface area contributed by atoms with E-state index in [0.29, 0.717) is 5.88 Å². The molecule has 1 unspecified atom stereocenters. The standard InChI is InChI=1S/C23H25N7O/c1-28-11-12-29(15-19-5-3-4-10-24-19)16-21(28)23-20-8-6-18(14-30(20)27-26-23)17-7-9-22(31-2)25-13-17/h3-10,13-14,21H,11-12,15-16H2,1-2H3. The van der Waals surface area contributed by atoms with Gasteiger partial charge in [0.2, 0.25) is 5.88 Å². The van der Waals surface area contributed by atoms with Gasteiger partial charge in [-0.3, -0.25) is 14.8 Å². The molecular formula is C23H25N7O. The lowest BCUT2D eigenvalue weighted by Crippen LogP contribution is -2.46. The molecule has 0 saturated carbocycles. The van der Waals surface area contributed by atoms with Crippen LogP contribution in [-0.4, -0.2) is 68.4 Å². The molecule has 0 N–H and O–H groups in total. The highest BCUT2D eigenvalue weighted by atomic mass is 16.5. The first-order chi connectivity index (χ1) is 15.2. The van der Waals surface area contributed by atoms with Gasteiger partial charge >= 0.3 is 0 Å². The Bertz CT molecular complexity index is 1160. The molecule has 0 aromatic carbocycles. The van der Waals surface area contributed by atoms with Crippen molar-refractivity contribution in [2.45, 2.75) is 12.6 Å². The van der Waals surface area contributed by atoms with Crippen LogP contribution in [0.3, 0.4) is 0 Å². The van der Waals surface area contributed by atoms with Gasteiger partial charge in [-0.15, -0.1) is 5.10 Å². The summed E-state index contributed by atoms with van der Waals surface area (Å²) in [5.74, 6) is 0.600. The van der Waals surface area contributed by atoms with Crippen molar-refractivity contribution in [3.05, 3.63) is 72.4 Å². The van der Waals surface area contributed by atoms with Crippen LogP contribution in [0, 0.1) is 0 Å². The number of nitrogens with zero attached hydrogens (tertiary/aromatic N) is 7. The van der Waals surface area contributed by atoms with Crippen molar-refractivity contribution in [2.75, 3.05) is 33.8 Å². The number of methoxy groups -OCH3 is 1. The molecule has 0 amide bonds. The van der Waals surface area contributed by atoms with E-state index >= 15 is 0 Å². The number of pyridine rings is 3. The van der Waals surface area contributed by atoms with Crippen molar-refractivity contribution in [2.24, 2.45) is 0 Å². The van der Waals surface area contributed by atoms with Crippen LogP contribution in [0.1, 0.15) is 17.4 Å². The molecular weight excluding hydrogens is 390 g/mol. The Labute approximate surface area is 181 Å². The molecule has 158 valence electrons. The second kappa shape index (κ2) is 8.41. The van der Waals surface area contributed by atoms with E-state index in [1.165, 1.54) is 0 Å². The van der Waals surface area contributed by atoms with Crippen LogP contribution in [0.25, 0.3) is 16.6 Å². The predicted octanol–water partition coefficient (Wildman–Crippen LogP) is 2.68.